The summed E-state index contributed by atoms with van der Waals surface area (Å²) in [5, 5.41) is 0. The van der Waals surface area contributed by atoms with E-state index in [1.165, 1.54) is 5.57 Å². The zero-order valence-electron chi connectivity index (χ0n) is 17.5. The SMILES string of the molecule is CC1CN(C(=O)c2cccc(Br)n2)CC=C1c1cc(CC(=O)C2CC2)nc2c1C=CC2. The monoisotopic (exact) mass is 477 g/mol. The zero-order chi connectivity index (χ0) is 21.5. The quantitative estimate of drug-likeness (QED) is 0.594. The molecular weight excluding hydrogens is 454 g/mol. The van der Waals surface area contributed by atoms with Gasteiger partial charge in [0.05, 0.1) is 5.69 Å². The maximum atomic E-state index is 12.9. The van der Waals surface area contributed by atoms with E-state index in [1.807, 2.05) is 17.0 Å². The van der Waals surface area contributed by atoms with Crippen molar-refractivity contribution in [3.8, 4) is 0 Å². The molecule has 1 atom stereocenters. The van der Waals surface area contributed by atoms with Crippen LogP contribution in [0.2, 0.25) is 0 Å². The van der Waals surface area contributed by atoms with E-state index in [2.05, 4.69) is 52.1 Å². The van der Waals surface area contributed by atoms with Crippen molar-refractivity contribution in [3.63, 3.8) is 0 Å². The Morgan fingerprint density at radius 1 is 1.23 bits per heavy atom. The number of carbonyl (C=O) groups excluding carboxylic acids is 2. The van der Waals surface area contributed by atoms with Gasteiger partial charge in [0, 0.05) is 43.1 Å². The fourth-order valence-electron chi connectivity index (χ4n) is 4.50. The van der Waals surface area contributed by atoms with Crippen LogP contribution in [0.1, 0.15) is 52.8 Å². The number of hydrogen-bond acceptors (Lipinski definition) is 4. The average Bonchev–Trinajstić information content (AvgIpc) is 3.51. The molecule has 2 aromatic rings. The summed E-state index contributed by atoms with van der Waals surface area (Å²) in [7, 11) is 0. The number of carbonyl (C=O) groups is 2. The summed E-state index contributed by atoms with van der Waals surface area (Å²) in [6.45, 7) is 3.33. The van der Waals surface area contributed by atoms with E-state index < -0.39 is 0 Å². The highest BCUT2D eigenvalue weighted by Crippen LogP contribution is 2.36. The van der Waals surface area contributed by atoms with E-state index in [4.69, 9.17) is 4.98 Å². The molecule has 3 heterocycles. The van der Waals surface area contributed by atoms with Gasteiger partial charge >= 0.3 is 0 Å². The maximum Gasteiger partial charge on any atom is 0.272 e. The lowest BCUT2D eigenvalue weighted by atomic mass is 9.87. The van der Waals surface area contributed by atoms with Crippen LogP contribution in [0.5, 0.6) is 0 Å². The molecule has 6 heteroatoms. The number of rotatable bonds is 5. The molecule has 5 rings (SSSR count). The molecule has 1 saturated carbocycles. The van der Waals surface area contributed by atoms with Crippen molar-refractivity contribution in [2.45, 2.75) is 32.6 Å². The number of hydrogen-bond donors (Lipinski definition) is 0. The Kier molecular flexibility index (Phi) is 5.34. The number of nitrogens with zero attached hydrogens (tertiary/aromatic N) is 3. The van der Waals surface area contributed by atoms with E-state index in [9.17, 15) is 9.59 Å². The first-order chi connectivity index (χ1) is 15.0. The van der Waals surface area contributed by atoms with Crippen LogP contribution in [0.15, 0.2) is 41.0 Å². The molecule has 1 aliphatic heterocycles. The molecule has 5 nitrogen and oxygen atoms in total. The van der Waals surface area contributed by atoms with Crippen molar-refractivity contribution in [2.75, 3.05) is 13.1 Å². The number of amides is 1. The van der Waals surface area contributed by atoms with Gasteiger partial charge in [0.2, 0.25) is 0 Å². The predicted molar refractivity (Wildman–Crippen MR) is 123 cm³/mol. The highest BCUT2D eigenvalue weighted by molar-refractivity contribution is 9.10. The van der Waals surface area contributed by atoms with Gasteiger partial charge in [-0.15, -0.1) is 0 Å². The van der Waals surface area contributed by atoms with Crippen LogP contribution >= 0.6 is 15.9 Å². The molecule has 0 N–H and O–H groups in total. The first-order valence-electron chi connectivity index (χ1n) is 10.8. The van der Waals surface area contributed by atoms with Crippen LogP contribution in [0.3, 0.4) is 0 Å². The molecule has 0 aromatic carbocycles. The second-order valence-electron chi connectivity index (χ2n) is 8.66. The Morgan fingerprint density at radius 3 is 2.81 bits per heavy atom. The van der Waals surface area contributed by atoms with Crippen molar-refractivity contribution >= 4 is 39.3 Å². The van der Waals surface area contributed by atoms with Crippen LogP contribution in [0.4, 0.5) is 0 Å². The molecular formula is C25H24BrN3O2. The van der Waals surface area contributed by atoms with Crippen molar-refractivity contribution < 1.29 is 9.59 Å². The number of allylic oxidation sites excluding steroid dienone is 1. The van der Waals surface area contributed by atoms with Gasteiger partial charge in [-0.05, 0) is 64.0 Å². The lowest BCUT2D eigenvalue weighted by molar-refractivity contribution is -0.119. The van der Waals surface area contributed by atoms with Gasteiger partial charge in [-0.1, -0.05) is 31.2 Å². The van der Waals surface area contributed by atoms with Crippen LogP contribution in [0, 0.1) is 11.8 Å². The van der Waals surface area contributed by atoms with Gasteiger partial charge in [0.1, 0.15) is 16.1 Å². The Balaban J connectivity index is 1.42. The Bertz CT molecular complexity index is 1130. The lowest BCUT2D eigenvalue weighted by Gasteiger charge is -2.32. The molecule has 2 aliphatic carbocycles. The number of pyridine rings is 2. The summed E-state index contributed by atoms with van der Waals surface area (Å²) in [5.74, 6) is 0.681. The third-order valence-electron chi connectivity index (χ3n) is 6.26. The first kappa shape index (κ1) is 20.3. The van der Waals surface area contributed by atoms with Crippen LogP contribution in [0.25, 0.3) is 11.6 Å². The van der Waals surface area contributed by atoms with Gasteiger partial charge in [0.15, 0.2) is 0 Å². The molecule has 0 bridgehead atoms. The molecule has 2 aromatic heterocycles. The summed E-state index contributed by atoms with van der Waals surface area (Å²) in [4.78, 5) is 36.3. The molecule has 158 valence electrons. The molecule has 0 saturated heterocycles. The molecule has 1 unspecified atom stereocenters. The second kappa shape index (κ2) is 8.15. The number of aromatic nitrogens is 2. The second-order valence-corrected chi connectivity index (χ2v) is 9.47. The first-order valence-corrected chi connectivity index (χ1v) is 11.6. The number of ketones is 1. The summed E-state index contributed by atoms with van der Waals surface area (Å²) in [6, 6.07) is 7.50. The summed E-state index contributed by atoms with van der Waals surface area (Å²) in [6.07, 6.45) is 9.71. The van der Waals surface area contributed by atoms with Gasteiger partial charge in [0.25, 0.3) is 5.91 Å². The summed E-state index contributed by atoms with van der Waals surface area (Å²) < 4.78 is 0.659. The van der Waals surface area contributed by atoms with Crippen LogP contribution in [-0.4, -0.2) is 39.6 Å². The van der Waals surface area contributed by atoms with Gasteiger partial charge < -0.3 is 4.90 Å². The van der Waals surface area contributed by atoms with E-state index in [0.29, 0.717) is 35.6 Å². The van der Waals surface area contributed by atoms with Gasteiger partial charge in [-0.25, -0.2) is 4.98 Å². The maximum absolute atomic E-state index is 12.9. The standard InChI is InChI=1S/C25H24BrN3O2/c1-15-14-29(25(31)22-6-3-7-24(26)28-22)11-10-18(15)20-12-17(13-23(30)16-8-9-16)27-21-5-2-4-19(20)21/h2-4,6-7,10,12,15-16H,5,8-9,11,13-14H2,1H3. The lowest BCUT2D eigenvalue weighted by Crippen LogP contribution is -2.38. The predicted octanol–water partition coefficient (Wildman–Crippen LogP) is 4.51. The topological polar surface area (TPSA) is 63.2 Å². The Labute approximate surface area is 190 Å². The number of Topliss-reactive ketones (excluding diaryl/α,β-unsaturated/α-hetero) is 1. The van der Waals surface area contributed by atoms with Gasteiger partial charge in [-0.3, -0.25) is 14.6 Å². The van der Waals surface area contributed by atoms with Crippen molar-refractivity contribution in [1.82, 2.24) is 14.9 Å². The van der Waals surface area contributed by atoms with E-state index in [0.717, 1.165) is 41.8 Å². The fraction of sp³-hybridized carbons (Fsp3) is 0.360. The fourth-order valence-corrected chi connectivity index (χ4v) is 4.84. The molecule has 1 fully saturated rings. The molecule has 0 spiro atoms. The smallest absolute Gasteiger partial charge is 0.272 e. The van der Waals surface area contributed by atoms with E-state index >= 15 is 0 Å². The van der Waals surface area contributed by atoms with Crippen molar-refractivity contribution in [2.24, 2.45) is 11.8 Å². The number of halogens is 1. The molecule has 3 aliphatic rings. The van der Waals surface area contributed by atoms with Gasteiger partial charge in [-0.2, -0.15) is 0 Å². The molecule has 31 heavy (non-hydrogen) atoms. The molecule has 0 radical (unpaired) electrons. The Hall–Kier alpha value is -2.60. The average molecular weight is 478 g/mol. The number of fused-ring (bicyclic) bond motifs is 1. The molecule has 1 amide bonds. The van der Waals surface area contributed by atoms with Crippen molar-refractivity contribution in [3.05, 3.63) is 69.2 Å². The van der Waals surface area contributed by atoms with Crippen LogP contribution in [-0.2, 0) is 17.6 Å². The Morgan fingerprint density at radius 2 is 2.06 bits per heavy atom. The normalized spacial score (nSPS) is 19.9. The highest BCUT2D eigenvalue weighted by Gasteiger charge is 2.31. The van der Waals surface area contributed by atoms with Crippen molar-refractivity contribution in [1.29, 1.82) is 0 Å². The third-order valence-corrected chi connectivity index (χ3v) is 6.71. The highest BCUT2D eigenvalue weighted by atomic mass is 79.9. The minimum absolute atomic E-state index is 0.0565. The van der Waals surface area contributed by atoms with E-state index in [-0.39, 0.29) is 17.7 Å². The summed E-state index contributed by atoms with van der Waals surface area (Å²) >= 11 is 3.34. The van der Waals surface area contributed by atoms with E-state index in [1.54, 1.807) is 6.07 Å². The third kappa shape index (κ3) is 4.13. The minimum Gasteiger partial charge on any atom is -0.333 e. The largest absolute Gasteiger partial charge is 0.333 e. The zero-order valence-corrected chi connectivity index (χ0v) is 19.1. The minimum atomic E-state index is -0.0565. The summed E-state index contributed by atoms with van der Waals surface area (Å²) in [5.41, 5.74) is 5.94. The van der Waals surface area contributed by atoms with Crippen LogP contribution < -0.4 is 0 Å².